The number of amides is 1. The van der Waals surface area contributed by atoms with Crippen molar-refractivity contribution in [2.75, 3.05) is 32.7 Å². The standard InChI is InChI=1S/C19H20F2N2O/c20-17-6-3-5-16(14-17)19(24)23-12-10-22(11-13-23)9-8-15-4-1-2-7-18(15)21/h1-7,14H,8-13H2. The molecule has 1 amide bonds. The molecule has 1 fully saturated rings. The van der Waals surface area contributed by atoms with Gasteiger partial charge in [0.2, 0.25) is 0 Å². The molecule has 1 aliphatic heterocycles. The van der Waals surface area contributed by atoms with Crippen molar-refractivity contribution in [2.45, 2.75) is 6.42 Å². The van der Waals surface area contributed by atoms with Gasteiger partial charge in [0.25, 0.3) is 5.91 Å². The normalized spacial score (nSPS) is 15.5. The van der Waals surface area contributed by atoms with Crippen LogP contribution >= 0.6 is 0 Å². The highest BCUT2D eigenvalue weighted by atomic mass is 19.1. The maximum absolute atomic E-state index is 13.6. The van der Waals surface area contributed by atoms with Crippen LogP contribution in [-0.4, -0.2) is 48.4 Å². The summed E-state index contributed by atoms with van der Waals surface area (Å²) in [4.78, 5) is 16.3. The zero-order valence-electron chi connectivity index (χ0n) is 13.4. The van der Waals surface area contributed by atoms with Crippen molar-refractivity contribution in [3.8, 4) is 0 Å². The van der Waals surface area contributed by atoms with Crippen molar-refractivity contribution in [1.82, 2.24) is 9.80 Å². The lowest BCUT2D eigenvalue weighted by atomic mass is 10.1. The molecule has 5 heteroatoms. The third-order valence-corrected chi connectivity index (χ3v) is 4.39. The van der Waals surface area contributed by atoms with Gasteiger partial charge in [-0.25, -0.2) is 8.78 Å². The maximum atomic E-state index is 13.6. The van der Waals surface area contributed by atoms with Crippen molar-refractivity contribution >= 4 is 5.91 Å². The molecule has 126 valence electrons. The molecule has 0 spiro atoms. The van der Waals surface area contributed by atoms with Crippen LogP contribution in [0.25, 0.3) is 0 Å². The molecule has 0 atom stereocenters. The zero-order chi connectivity index (χ0) is 16.9. The Morgan fingerprint density at radius 2 is 1.71 bits per heavy atom. The summed E-state index contributed by atoms with van der Waals surface area (Å²) in [6, 6.07) is 12.6. The van der Waals surface area contributed by atoms with Gasteiger partial charge in [0.15, 0.2) is 0 Å². The first-order chi connectivity index (χ1) is 11.6. The van der Waals surface area contributed by atoms with Gasteiger partial charge in [0.05, 0.1) is 0 Å². The highest BCUT2D eigenvalue weighted by Gasteiger charge is 2.22. The predicted molar refractivity (Wildman–Crippen MR) is 88.8 cm³/mol. The molecule has 0 aliphatic carbocycles. The van der Waals surface area contributed by atoms with E-state index >= 15 is 0 Å². The van der Waals surface area contributed by atoms with E-state index in [1.807, 2.05) is 6.07 Å². The molecule has 0 saturated carbocycles. The number of rotatable bonds is 4. The van der Waals surface area contributed by atoms with Gasteiger partial charge < -0.3 is 4.90 Å². The van der Waals surface area contributed by atoms with E-state index in [2.05, 4.69) is 4.90 Å². The van der Waals surface area contributed by atoms with Gasteiger partial charge in [-0.15, -0.1) is 0 Å². The van der Waals surface area contributed by atoms with Crippen molar-refractivity contribution in [1.29, 1.82) is 0 Å². The fraction of sp³-hybridized carbons (Fsp3) is 0.316. The molecule has 2 aromatic rings. The van der Waals surface area contributed by atoms with E-state index in [0.717, 1.165) is 25.2 Å². The number of hydrogen-bond acceptors (Lipinski definition) is 2. The molecule has 1 saturated heterocycles. The first-order valence-electron chi connectivity index (χ1n) is 8.14. The minimum atomic E-state index is -0.399. The van der Waals surface area contributed by atoms with E-state index in [-0.39, 0.29) is 11.7 Å². The van der Waals surface area contributed by atoms with Crippen LogP contribution in [0.15, 0.2) is 48.5 Å². The van der Waals surface area contributed by atoms with Crippen LogP contribution in [-0.2, 0) is 6.42 Å². The molecular formula is C19H20F2N2O. The highest BCUT2D eigenvalue weighted by Crippen LogP contribution is 2.12. The fourth-order valence-corrected chi connectivity index (χ4v) is 2.96. The molecule has 0 radical (unpaired) electrons. The molecule has 3 nitrogen and oxygen atoms in total. The van der Waals surface area contributed by atoms with Crippen LogP contribution in [0, 0.1) is 11.6 Å². The summed E-state index contributed by atoms with van der Waals surface area (Å²) in [7, 11) is 0. The highest BCUT2D eigenvalue weighted by molar-refractivity contribution is 5.94. The zero-order valence-corrected chi connectivity index (χ0v) is 13.4. The number of carbonyl (C=O) groups excluding carboxylic acids is 1. The van der Waals surface area contributed by atoms with Crippen molar-refractivity contribution in [3.05, 3.63) is 71.3 Å². The molecule has 1 heterocycles. The summed E-state index contributed by atoms with van der Waals surface area (Å²) >= 11 is 0. The van der Waals surface area contributed by atoms with Crippen LogP contribution in [0.5, 0.6) is 0 Å². The second-order valence-corrected chi connectivity index (χ2v) is 5.99. The quantitative estimate of drug-likeness (QED) is 0.860. The average Bonchev–Trinajstić information content (AvgIpc) is 2.61. The number of nitrogens with zero attached hydrogens (tertiary/aromatic N) is 2. The van der Waals surface area contributed by atoms with Crippen LogP contribution in [0.3, 0.4) is 0 Å². The third-order valence-electron chi connectivity index (χ3n) is 4.39. The number of hydrogen-bond donors (Lipinski definition) is 0. The second kappa shape index (κ2) is 7.53. The molecular weight excluding hydrogens is 310 g/mol. The van der Waals surface area contributed by atoms with Gasteiger partial charge in [-0.1, -0.05) is 24.3 Å². The lowest BCUT2D eigenvalue weighted by Crippen LogP contribution is -2.49. The van der Waals surface area contributed by atoms with Gasteiger partial charge in [-0.2, -0.15) is 0 Å². The molecule has 24 heavy (non-hydrogen) atoms. The summed E-state index contributed by atoms with van der Waals surface area (Å²) in [5, 5.41) is 0. The Kier molecular flexibility index (Phi) is 5.20. The molecule has 0 unspecified atom stereocenters. The number of benzene rings is 2. The van der Waals surface area contributed by atoms with Gasteiger partial charge in [-0.05, 0) is 36.2 Å². The number of carbonyl (C=O) groups is 1. The number of halogens is 2. The second-order valence-electron chi connectivity index (χ2n) is 5.99. The largest absolute Gasteiger partial charge is 0.336 e. The Balaban J connectivity index is 1.51. The Morgan fingerprint density at radius 1 is 0.958 bits per heavy atom. The lowest BCUT2D eigenvalue weighted by molar-refractivity contribution is 0.0638. The molecule has 1 aliphatic rings. The van der Waals surface area contributed by atoms with Crippen molar-refractivity contribution in [3.63, 3.8) is 0 Å². The van der Waals surface area contributed by atoms with Gasteiger partial charge in [0.1, 0.15) is 11.6 Å². The van der Waals surface area contributed by atoms with Crippen LogP contribution < -0.4 is 0 Å². The van der Waals surface area contributed by atoms with Crippen LogP contribution in [0.1, 0.15) is 15.9 Å². The van der Waals surface area contributed by atoms with Gasteiger partial charge in [-0.3, -0.25) is 9.69 Å². The molecule has 2 aromatic carbocycles. The van der Waals surface area contributed by atoms with Crippen LogP contribution in [0.2, 0.25) is 0 Å². The minimum Gasteiger partial charge on any atom is -0.336 e. The predicted octanol–water partition coefficient (Wildman–Crippen LogP) is 2.97. The van der Waals surface area contributed by atoms with E-state index in [1.54, 1.807) is 29.2 Å². The van der Waals surface area contributed by atoms with Gasteiger partial charge in [0, 0.05) is 38.3 Å². The summed E-state index contributed by atoms with van der Waals surface area (Å²) in [6.45, 7) is 3.47. The Morgan fingerprint density at radius 3 is 2.42 bits per heavy atom. The summed E-state index contributed by atoms with van der Waals surface area (Å²) in [6.07, 6.45) is 0.657. The lowest BCUT2D eigenvalue weighted by Gasteiger charge is -2.34. The van der Waals surface area contributed by atoms with E-state index < -0.39 is 5.82 Å². The van der Waals surface area contributed by atoms with E-state index in [9.17, 15) is 13.6 Å². The van der Waals surface area contributed by atoms with Gasteiger partial charge >= 0.3 is 0 Å². The SMILES string of the molecule is O=C(c1cccc(F)c1)N1CCN(CCc2ccccc2F)CC1. The smallest absolute Gasteiger partial charge is 0.254 e. The topological polar surface area (TPSA) is 23.6 Å². The van der Waals surface area contributed by atoms with Crippen molar-refractivity contribution in [2.24, 2.45) is 0 Å². The number of piperazine rings is 1. The van der Waals surface area contributed by atoms with Crippen molar-refractivity contribution < 1.29 is 13.6 Å². The molecule has 0 aromatic heterocycles. The van der Waals surface area contributed by atoms with Crippen LogP contribution in [0.4, 0.5) is 8.78 Å². The van der Waals surface area contributed by atoms with E-state index in [1.165, 1.54) is 18.2 Å². The molecule has 0 N–H and O–H groups in total. The molecule has 0 bridgehead atoms. The Hall–Kier alpha value is -2.27. The first-order valence-corrected chi connectivity index (χ1v) is 8.14. The minimum absolute atomic E-state index is 0.136. The molecule has 3 rings (SSSR count). The Bertz CT molecular complexity index is 712. The average molecular weight is 330 g/mol. The summed E-state index contributed by atoms with van der Waals surface area (Å²) < 4.78 is 26.9. The summed E-state index contributed by atoms with van der Waals surface area (Å²) in [5.74, 6) is -0.704. The fourth-order valence-electron chi connectivity index (χ4n) is 2.96. The monoisotopic (exact) mass is 330 g/mol. The maximum Gasteiger partial charge on any atom is 0.254 e. The summed E-state index contributed by atoms with van der Waals surface area (Å²) in [5.41, 5.74) is 1.10. The Labute approximate surface area is 140 Å². The first kappa shape index (κ1) is 16.6. The van der Waals surface area contributed by atoms with E-state index in [4.69, 9.17) is 0 Å². The third kappa shape index (κ3) is 3.97. The van der Waals surface area contributed by atoms with E-state index in [0.29, 0.717) is 25.1 Å².